The number of rotatable bonds is 4. The van der Waals surface area contributed by atoms with Crippen LogP contribution in [0.5, 0.6) is 0 Å². The molecule has 0 amide bonds. The number of hydrogen-bond acceptors (Lipinski definition) is 5. The molecule has 1 heterocycles. The maximum atomic E-state index is 11.3. The number of piperazine rings is 1. The quantitative estimate of drug-likeness (QED) is 0.680. The molecule has 2 rings (SSSR count). The van der Waals surface area contributed by atoms with E-state index in [9.17, 15) is 15.2 Å². The van der Waals surface area contributed by atoms with Crippen molar-refractivity contribution in [1.29, 1.82) is 0 Å². The highest BCUT2D eigenvalue weighted by Crippen LogP contribution is 2.32. The lowest BCUT2D eigenvalue weighted by atomic mass is 10.1. The number of aliphatic hydroxyl groups is 1. The smallest absolute Gasteiger partial charge is 0.292 e. The first-order valence-corrected chi connectivity index (χ1v) is 7.35. The van der Waals surface area contributed by atoms with E-state index < -0.39 is 6.10 Å². The topological polar surface area (TPSA) is 69.8 Å². The Kier molecular flexibility index (Phi) is 4.80. The molecule has 1 N–H and O–H groups in total. The molecule has 0 aliphatic carbocycles. The van der Waals surface area contributed by atoms with Crippen LogP contribution >= 0.6 is 0 Å². The normalized spacial score (nSPS) is 21.3. The van der Waals surface area contributed by atoms with E-state index in [1.165, 1.54) is 6.07 Å². The first-order valence-electron chi connectivity index (χ1n) is 7.35. The predicted octanol–water partition coefficient (Wildman–Crippen LogP) is 2.18. The maximum Gasteiger partial charge on any atom is 0.292 e. The third-order valence-electron chi connectivity index (χ3n) is 4.27. The Hall–Kier alpha value is -1.66. The monoisotopic (exact) mass is 293 g/mol. The van der Waals surface area contributed by atoms with Gasteiger partial charge in [0.15, 0.2) is 0 Å². The molecule has 21 heavy (non-hydrogen) atoms. The molecule has 1 aromatic rings. The van der Waals surface area contributed by atoms with Gasteiger partial charge in [-0.25, -0.2) is 0 Å². The van der Waals surface area contributed by atoms with Gasteiger partial charge in [-0.1, -0.05) is 13.0 Å². The summed E-state index contributed by atoms with van der Waals surface area (Å²) in [5.74, 6) is 0. The molecule has 0 spiro atoms. The van der Waals surface area contributed by atoms with Crippen molar-refractivity contribution in [3.8, 4) is 0 Å². The molecule has 0 radical (unpaired) electrons. The fraction of sp³-hybridized carbons (Fsp3) is 0.600. The van der Waals surface area contributed by atoms with Crippen LogP contribution in [0.4, 0.5) is 11.4 Å². The van der Waals surface area contributed by atoms with Crippen LogP contribution in [0.1, 0.15) is 31.9 Å². The van der Waals surface area contributed by atoms with Crippen molar-refractivity contribution in [3.05, 3.63) is 33.9 Å². The van der Waals surface area contributed by atoms with Gasteiger partial charge in [0, 0.05) is 31.7 Å². The van der Waals surface area contributed by atoms with Crippen molar-refractivity contribution < 1.29 is 10.0 Å². The Balaban J connectivity index is 2.32. The Morgan fingerprint density at radius 2 is 2.19 bits per heavy atom. The van der Waals surface area contributed by atoms with Crippen molar-refractivity contribution in [2.75, 3.05) is 31.6 Å². The minimum Gasteiger partial charge on any atom is -0.389 e. The maximum absolute atomic E-state index is 11.3. The number of likely N-dealkylation sites (N-methyl/N-ethyl adjacent to an activating group) is 1. The van der Waals surface area contributed by atoms with Gasteiger partial charge in [-0.05, 0) is 32.0 Å². The summed E-state index contributed by atoms with van der Waals surface area (Å²) in [6, 6.07) is 5.43. The molecule has 6 nitrogen and oxygen atoms in total. The van der Waals surface area contributed by atoms with E-state index in [1.54, 1.807) is 19.1 Å². The van der Waals surface area contributed by atoms with Crippen LogP contribution in [0.15, 0.2) is 18.2 Å². The van der Waals surface area contributed by atoms with E-state index in [-0.39, 0.29) is 10.6 Å². The van der Waals surface area contributed by atoms with Gasteiger partial charge in [-0.3, -0.25) is 15.0 Å². The number of nitro groups is 1. The second kappa shape index (κ2) is 6.41. The average molecular weight is 293 g/mol. The number of anilines is 1. The second-order valence-electron chi connectivity index (χ2n) is 5.67. The Labute approximate surface area is 125 Å². The summed E-state index contributed by atoms with van der Waals surface area (Å²) in [6.45, 7) is 6.22. The second-order valence-corrected chi connectivity index (χ2v) is 5.67. The Morgan fingerprint density at radius 3 is 2.76 bits per heavy atom. The lowest BCUT2D eigenvalue weighted by molar-refractivity contribution is -0.384. The molecule has 0 aromatic heterocycles. The number of hydrogen-bond donors (Lipinski definition) is 1. The molecule has 1 fully saturated rings. The van der Waals surface area contributed by atoms with E-state index in [1.807, 2.05) is 0 Å². The summed E-state index contributed by atoms with van der Waals surface area (Å²) < 4.78 is 0. The molecule has 2 atom stereocenters. The van der Waals surface area contributed by atoms with Crippen LogP contribution in [0.2, 0.25) is 0 Å². The number of nitrogens with zero attached hydrogens (tertiary/aromatic N) is 3. The highest BCUT2D eigenvalue weighted by atomic mass is 16.6. The predicted molar refractivity (Wildman–Crippen MR) is 82.7 cm³/mol. The molecular formula is C15H23N3O3. The SMILES string of the molecule is CCC1CN(c2ccc(C(C)O)cc2[N+](=O)[O-])CCN1C. The molecular weight excluding hydrogens is 270 g/mol. The van der Waals surface area contributed by atoms with Gasteiger partial charge in [-0.2, -0.15) is 0 Å². The standard InChI is InChI=1S/C15H23N3O3/c1-4-13-10-17(8-7-16(13)3)14-6-5-12(11(2)19)9-15(14)18(20)21/h5-6,9,11,13,19H,4,7-8,10H2,1-3H3. The highest BCUT2D eigenvalue weighted by molar-refractivity contribution is 5.65. The number of aliphatic hydroxyl groups excluding tert-OH is 1. The summed E-state index contributed by atoms with van der Waals surface area (Å²) in [5.41, 5.74) is 1.30. The zero-order valence-corrected chi connectivity index (χ0v) is 12.8. The van der Waals surface area contributed by atoms with Gasteiger partial charge in [0.2, 0.25) is 0 Å². The number of nitro benzene ring substituents is 1. The summed E-state index contributed by atoms with van der Waals surface area (Å²) >= 11 is 0. The minimum absolute atomic E-state index is 0.0767. The van der Waals surface area contributed by atoms with Gasteiger partial charge < -0.3 is 10.0 Å². The zero-order chi connectivity index (χ0) is 15.6. The molecule has 2 unspecified atom stereocenters. The van der Waals surface area contributed by atoms with Gasteiger partial charge in [0.25, 0.3) is 5.69 Å². The molecule has 1 aliphatic rings. The molecule has 1 aliphatic heterocycles. The first-order chi connectivity index (χ1) is 9.93. The van der Waals surface area contributed by atoms with Crippen molar-refractivity contribution in [2.45, 2.75) is 32.4 Å². The van der Waals surface area contributed by atoms with Crippen LogP contribution < -0.4 is 4.90 Å². The third kappa shape index (κ3) is 3.33. The third-order valence-corrected chi connectivity index (χ3v) is 4.27. The lowest BCUT2D eigenvalue weighted by Crippen LogP contribution is -2.51. The largest absolute Gasteiger partial charge is 0.389 e. The molecule has 0 bridgehead atoms. The van der Waals surface area contributed by atoms with Gasteiger partial charge >= 0.3 is 0 Å². The number of benzene rings is 1. The van der Waals surface area contributed by atoms with E-state index in [0.717, 1.165) is 26.1 Å². The van der Waals surface area contributed by atoms with Crippen LogP contribution in [0.25, 0.3) is 0 Å². The van der Waals surface area contributed by atoms with Gasteiger partial charge in [0.1, 0.15) is 5.69 Å². The van der Waals surface area contributed by atoms with Crippen molar-refractivity contribution in [2.24, 2.45) is 0 Å². The van der Waals surface area contributed by atoms with E-state index >= 15 is 0 Å². The highest BCUT2D eigenvalue weighted by Gasteiger charge is 2.27. The fourth-order valence-corrected chi connectivity index (χ4v) is 2.82. The first kappa shape index (κ1) is 15.7. The van der Waals surface area contributed by atoms with Crippen LogP contribution in [0, 0.1) is 10.1 Å². The lowest BCUT2D eigenvalue weighted by Gasteiger charge is -2.40. The summed E-state index contributed by atoms with van der Waals surface area (Å²) in [4.78, 5) is 15.4. The zero-order valence-electron chi connectivity index (χ0n) is 12.8. The van der Waals surface area contributed by atoms with E-state index in [0.29, 0.717) is 17.3 Å². The van der Waals surface area contributed by atoms with Gasteiger partial charge in [-0.15, -0.1) is 0 Å². The van der Waals surface area contributed by atoms with Crippen LogP contribution in [0.3, 0.4) is 0 Å². The fourth-order valence-electron chi connectivity index (χ4n) is 2.82. The molecule has 1 saturated heterocycles. The minimum atomic E-state index is -0.700. The van der Waals surface area contributed by atoms with Crippen LogP contribution in [-0.2, 0) is 0 Å². The van der Waals surface area contributed by atoms with Crippen molar-refractivity contribution in [3.63, 3.8) is 0 Å². The van der Waals surface area contributed by atoms with Gasteiger partial charge in [0.05, 0.1) is 11.0 Å². The van der Waals surface area contributed by atoms with E-state index in [4.69, 9.17) is 0 Å². The average Bonchev–Trinajstić information content (AvgIpc) is 2.47. The summed E-state index contributed by atoms with van der Waals surface area (Å²) in [6.07, 6.45) is 0.320. The van der Waals surface area contributed by atoms with E-state index in [2.05, 4.69) is 23.8 Å². The Bertz CT molecular complexity index is 519. The van der Waals surface area contributed by atoms with Crippen molar-refractivity contribution in [1.82, 2.24) is 4.90 Å². The molecule has 0 saturated carbocycles. The summed E-state index contributed by atoms with van der Waals surface area (Å²) in [7, 11) is 2.09. The van der Waals surface area contributed by atoms with Crippen LogP contribution in [-0.4, -0.2) is 47.7 Å². The molecule has 6 heteroatoms. The molecule has 116 valence electrons. The Morgan fingerprint density at radius 1 is 1.48 bits per heavy atom. The van der Waals surface area contributed by atoms with Crippen molar-refractivity contribution >= 4 is 11.4 Å². The summed E-state index contributed by atoms with van der Waals surface area (Å²) in [5, 5.41) is 20.9. The molecule has 1 aromatic carbocycles.